The lowest BCUT2D eigenvalue weighted by atomic mass is 10.1. The number of nitrogens with one attached hydrogen (secondary N) is 2. The molecule has 6 nitrogen and oxygen atoms in total. The molecule has 1 aromatic carbocycles. The monoisotopic (exact) mass is 385 g/mol. The van der Waals surface area contributed by atoms with Gasteiger partial charge >= 0.3 is 0 Å². The van der Waals surface area contributed by atoms with Crippen LogP contribution < -0.4 is 10.6 Å². The van der Waals surface area contributed by atoms with E-state index in [0.29, 0.717) is 11.3 Å². The number of nitrogens with zero attached hydrogens (tertiary/aromatic N) is 1. The fourth-order valence-corrected chi connectivity index (χ4v) is 2.96. The van der Waals surface area contributed by atoms with Crippen LogP contribution in [0, 0.1) is 5.82 Å². The Morgan fingerprint density at radius 3 is 2.74 bits per heavy atom. The minimum absolute atomic E-state index is 0.0512. The summed E-state index contributed by atoms with van der Waals surface area (Å²) in [6.45, 7) is 0. The predicted molar refractivity (Wildman–Crippen MR) is 101 cm³/mol. The smallest absolute Gasteiger partial charge is 0.256 e. The van der Waals surface area contributed by atoms with Crippen molar-refractivity contribution in [1.82, 2.24) is 4.98 Å². The molecule has 3 N–H and O–H groups in total. The van der Waals surface area contributed by atoms with Crippen molar-refractivity contribution in [3.63, 3.8) is 0 Å². The van der Waals surface area contributed by atoms with E-state index < -0.39 is 23.7 Å². The number of hydrogen-bond donors (Lipinski definition) is 3. The van der Waals surface area contributed by atoms with Crippen LogP contribution in [-0.4, -0.2) is 28.0 Å². The number of thiophene rings is 1. The number of aliphatic hydroxyl groups is 1. The van der Waals surface area contributed by atoms with Crippen molar-refractivity contribution in [3.8, 4) is 0 Å². The maximum absolute atomic E-state index is 14.0. The minimum Gasteiger partial charge on any atom is -0.383 e. The number of rotatable bonds is 6. The van der Waals surface area contributed by atoms with E-state index in [4.69, 9.17) is 0 Å². The van der Waals surface area contributed by atoms with Gasteiger partial charge in [-0.3, -0.25) is 14.6 Å². The number of anilines is 2. The Morgan fingerprint density at radius 2 is 2.04 bits per heavy atom. The second kappa shape index (κ2) is 8.52. The maximum Gasteiger partial charge on any atom is 0.256 e. The van der Waals surface area contributed by atoms with Gasteiger partial charge in [-0.15, -0.1) is 0 Å². The minimum atomic E-state index is -1.31. The summed E-state index contributed by atoms with van der Waals surface area (Å²) in [5, 5.41) is 18.4. The van der Waals surface area contributed by atoms with Crippen LogP contribution in [0.2, 0.25) is 0 Å². The highest BCUT2D eigenvalue weighted by Crippen LogP contribution is 2.21. The topological polar surface area (TPSA) is 91.3 Å². The summed E-state index contributed by atoms with van der Waals surface area (Å²) in [7, 11) is 0. The van der Waals surface area contributed by atoms with E-state index in [1.165, 1.54) is 23.5 Å². The van der Waals surface area contributed by atoms with E-state index in [2.05, 4.69) is 15.6 Å². The van der Waals surface area contributed by atoms with E-state index in [9.17, 15) is 19.1 Å². The van der Waals surface area contributed by atoms with Crippen molar-refractivity contribution in [2.75, 3.05) is 10.6 Å². The Labute approximate surface area is 158 Å². The molecule has 0 aliphatic heterocycles. The van der Waals surface area contributed by atoms with Gasteiger partial charge in [0, 0.05) is 29.4 Å². The van der Waals surface area contributed by atoms with Crippen molar-refractivity contribution in [2.24, 2.45) is 0 Å². The van der Waals surface area contributed by atoms with E-state index in [1.54, 1.807) is 41.2 Å². The molecule has 1 atom stereocenters. The van der Waals surface area contributed by atoms with Crippen LogP contribution >= 0.6 is 11.3 Å². The fraction of sp³-hybridized carbons (Fsp3) is 0.105. The molecule has 8 heteroatoms. The number of aliphatic hydroxyl groups excluding tert-OH is 1. The second-order valence-corrected chi connectivity index (χ2v) is 6.47. The van der Waals surface area contributed by atoms with E-state index >= 15 is 0 Å². The van der Waals surface area contributed by atoms with Gasteiger partial charge in [0.25, 0.3) is 11.8 Å². The average Bonchev–Trinajstić information content (AvgIpc) is 3.20. The molecule has 3 rings (SSSR count). The number of hydrogen-bond acceptors (Lipinski definition) is 5. The molecule has 3 aromatic rings. The van der Waals surface area contributed by atoms with Crippen molar-refractivity contribution < 1.29 is 19.1 Å². The summed E-state index contributed by atoms with van der Waals surface area (Å²) in [6, 6.07) is 10.6. The zero-order valence-electron chi connectivity index (χ0n) is 14.1. The number of benzene rings is 1. The number of halogens is 1. The van der Waals surface area contributed by atoms with Crippen LogP contribution in [0.15, 0.2) is 59.4 Å². The van der Waals surface area contributed by atoms with Crippen molar-refractivity contribution in [1.29, 1.82) is 0 Å². The molecule has 138 valence electrons. The third-order valence-corrected chi connectivity index (χ3v) is 4.38. The van der Waals surface area contributed by atoms with Gasteiger partial charge in [0.05, 0.1) is 11.3 Å². The summed E-state index contributed by atoms with van der Waals surface area (Å²) in [5.41, 5.74) is 1.17. The molecular formula is C19H16FN3O3S. The molecular weight excluding hydrogens is 369 g/mol. The SMILES string of the molecule is O=C(Nc1cc(NC(=O)C(O)Cc2ccccn2)ccc1F)c1ccsc1. The highest BCUT2D eigenvalue weighted by Gasteiger charge is 2.17. The van der Waals surface area contributed by atoms with Crippen molar-refractivity contribution in [3.05, 3.63) is 76.5 Å². The van der Waals surface area contributed by atoms with Crippen molar-refractivity contribution in [2.45, 2.75) is 12.5 Å². The summed E-state index contributed by atoms with van der Waals surface area (Å²) >= 11 is 1.35. The lowest BCUT2D eigenvalue weighted by Crippen LogP contribution is -2.29. The Kier molecular flexibility index (Phi) is 5.90. The van der Waals surface area contributed by atoms with Crippen LogP contribution in [0.25, 0.3) is 0 Å². The van der Waals surface area contributed by atoms with Gasteiger partial charge in [0.15, 0.2) is 0 Å². The van der Waals surface area contributed by atoms with Crippen LogP contribution in [-0.2, 0) is 11.2 Å². The van der Waals surface area contributed by atoms with Crippen LogP contribution in [0.1, 0.15) is 16.1 Å². The molecule has 2 amide bonds. The fourth-order valence-electron chi connectivity index (χ4n) is 2.32. The number of amides is 2. The van der Waals surface area contributed by atoms with Crippen LogP contribution in [0.5, 0.6) is 0 Å². The highest BCUT2D eigenvalue weighted by molar-refractivity contribution is 7.08. The third-order valence-electron chi connectivity index (χ3n) is 3.70. The number of pyridine rings is 1. The molecule has 1 unspecified atom stereocenters. The van der Waals surface area contributed by atoms with Crippen LogP contribution in [0.3, 0.4) is 0 Å². The van der Waals surface area contributed by atoms with Gasteiger partial charge in [-0.1, -0.05) is 6.07 Å². The Morgan fingerprint density at radius 1 is 1.19 bits per heavy atom. The van der Waals surface area contributed by atoms with E-state index in [1.807, 2.05) is 0 Å². The summed E-state index contributed by atoms with van der Waals surface area (Å²) in [6.07, 6.45) is 0.312. The molecule has 0 fully saturated rings. The molecule has 2 aromatic heterocycles. The third kappa shape index (κ3) is 4.96. The summed E-state index contributed by atoms with van der Waals surface area (Å²) in [5.74, 6) is -1.73. The standard InChI is InChI=1S/C19H16FN3O3S/c20-15-5-4-14(9-16(15)23-18(25)12-6-8-27-11-12)22-19(26)17(24)10-13-3-1-2-7-21-13/h1-9,11,17,24H,10H2,(H,22,26)(H,23,25). The van der Waals surface area contributed by atoms with Gasteiger partial charge in [-0.25, -0.2) is 4.39 Å². The molecule has 0 aliphatic carbocycles. The zero-order valence-corrected chi connectivity index (χ0v) is 14.9. The molecule has 0 spiro atoms. The first-order chi connectivity index (χ1) is 13.0. The zero-order chi connectivity index (χ0) is 19.2. The van der Waals surface area contributed by atoms with Gasteiger partial charge in [0.1, 0.15) is 11.9 Å². The van der Waals surface area contributed by atoms with Gasteiger partial charge in [-0.05, 0) is 41.8 Å². The Hall–Kier alpha value is -3.10. The Bertz CT molecular complexity index is 933. The lowest BCUT2D eigenvalue weighted by molar-refractivity contribution is -0.123. The summed E-state index contributed by atoms with van der Waals surface area (Å²) in [4.78, 5) is 28.3. The number of carbonyl (C=O) groups is 2. The highest BCUT2D eigenvalue weighted by atomic mass is 32.1. The Balaban J connectivity index is 1.66. The molecule has 0 aliphatic rings. The first-order valence-corrected chi connectivity index (χ1v) is 8.99. The average molecular weight is 385 g/mol. The quantitative estimate of drug-likeness (QED) is 0.608. The lowest BCUT2D eigenvalue weighted by Gasteiger charge is -2.13. The van der Waals surface area contributed by atoms with E-state index in [-0.39, 0.29) is 17.8 Å². The number of carbonyl (C=O) groups excluding carboxylic acids is 2. The predicted octanol–water partition coefficient (Wildman–Crippen LogP) is 3.08. The first kappa shape index (κ1) is 18.7. The second-order valence-electron chi connectivity index (χ2n) is 5.69. The number of aromatic nitrogens is 1. The first-order valence-electron chi connectivity index (χ1n) is 8.05. The van der Waals surface area contributed by atoms with E-state index in [0.717, 1.165) is 6.07 Å². The summed E-state index contributed by atoms with van der Waals surface area (Å²) < 4.78 is 14.0. The molecule has 27 heavy (non-hydrogen) atoms. The van der Waals surface area contributed by atoms with Crippen LogP contribution in [0.4, 0.5) is 15.8 Å². The molecule has 0 bridgehead atoms. The van der Waals surface area contributed by atoms with Gasteiger partial charge < -0.3 is 15.7 Å². The normalized spacial score (nSPS) is 11.6. The maximum atomic E-state index is 14.0. The van der Waals surface area contributed by atoms with Gasteiger partial charge in [0.2, 0.25) is 0 Å². The largest absolute Gasteiger partial charge is 0.383 e. The molecule has 0 saturated carbocycles. The van der Waals surface area contributed by atoms with Crippen molar-refractivity contribution >= 4 is 34.5 Å². The van der Waals surface area contributed by atoms with Gasteiger partial charge in [-0.2, -0.15) is 11.3 Å². The molecule has 0 radical (unpaired) electrons. The molecule has 2 heterocycles. The molecule has 0 saturated heterocycles.